The first-order chi connectivity index (χ1) is 13.0. The van der Waals surface area contributed by atoms with Gasteiger partial charge in [0.2, 0.25) is 0 Å². The van der Waals surface area contributed by atoms with Crippen LogP contribution in [0.4, 0.5) is 0 Å². The summed E-state index contributed by atoms with van der Waals surface area (Å²) in [6.45, 7) is 8.04. The van der Waals surface area contributed by atoms with Gasteiger partial charge in [-0.3, -0.25) is 0 Å². The summed E-state index contributed by atoms with van der Waals surface area (Å²) < 4.78 is 6.29. The molecule has 3 atom stereocenters. The van der Waals surface area contributed by atoms with Gasteiger partial charge < -0.3 is 19.8 Å². The zero-order valence-electron chi connectivity index (χ0n) is 17.1. The normalized spacial score (nSPS) is 28.6. The Kier molecular flexibility index (Phi) is 5.36. The van der Waals surface area contributed by atoms with Crippen molar-refractivity contribution in [2.75, 3.05) is 13.2 Å². The van der Waals surface area contributed by atoms with Crippen LogP contribution in [0.25, 0.3) is 0 Å². The minimum absolute atomic E-state index is 0.0317. The van der Waals surface area contributed by atoms with Gasteiger partial charge in [-0.25, -0.2) is 0 Å². The number of nitrogens with zero attached hydrogens (tertiary/aromatic N) is 1. The van der Waals surface area contributed by atoms with E-state index in [0.29, 0.717) is 12.8 Å². The van der Waals surface area contributed by atoms with Crippen LogP contribution in [0.2, 0.25) is 0 Å². The third kappa shape index (κ3) is 3.57. The van der Waals surface area contributed by atoms with Crippen molar-refractivity contribution in [3.8, 4) is 5.75 Å². The van der Waals surface area contributed by atoms with Gasteiger partial charge in [-0.15, -0.1) is 10.1 Å². The molecule has 1 aliphatic heterocycles. The second-order valence-electron chi connectivity index (χ2n) is 9.36. The highest BCUT2D eigenvalue weighted by molar-refractivity contribution is 5.47. The summed E-state index contributed by atoms with van der Waals surface area (Å²) in [6, 6.07) is 6.01. The first kappa shape index (κ1) is 20.9. The van der Waals surface area contributed by atoms with Gasteiger partial charge in [0.15, 0.2) is 0 Å². The van der Waals surface area contributed by atoms with E-state index in [1.54, 1.807) is 0 Å². The highest BCUT2D eigenvalue weighted by Gasteiger charge is 2.57. The summed E-state index contributed by atoms with van der Waals surface area (Å²) >= 11 is 0. The number of aliphatic hydroxyl groups is 2. The second-order valence-corrected chi connectivity index (χ2v) is 9.36. The molecule has 0 spiro atoms. The molecular weight excluding hydrogens is 362 g/mol. The highest BCUT2D eigenvalue weighted by atomic mass is 16.9. The molecule has 156 valence electrons. The van der Waals surface area contributed by atoms with Crippen molar-refractivity contribution in [2.45, 2.75) is 75.9 Å². The van der Waals surface area contributed by atoms with Crippen molar-refractivity contribution in [2.24, 2.45) is 5.92 Å². The van der Waals surface area contributed by atoms with Gasteiger partial charge in [0.05, 0.1) is 6.61 Å². The molecule has 7 nitrogen and oxygen atoms in total. The standard InChI is InChI=1S/C21H31NO6/c1-19(2,9-10-27-22(25)26)15-5-6-16-17-11-14(13-23)7-8-21(17,24)20(3,4)28-18(16)12-15/h5-6,12,14,17,23-24H,7-11,13H2,1-4H3/t14-,17-,21-/m1/s1. The molecule has 1 aromatic carbocycles. The second kappa shape index (κ2) is 7.19. The number of hydrogen-bond acceptors (Lipinski definition) is 6. The van der Waals surface area contributed by atoms with E-state index in [-0.39, 0.29) is 30.5 Å². The molecule has 2 N–H and O–H groups in total. The topological polar surface area (TPSA) is 102 Å². The maximum absolute atomic E-state index is 11.5. The van der Waals surface area contributed by atoms with Crippen LogP contribution in [0.15, 0.2) is 18.2 Å². The Hall–Kier alpha value is -1.86. The molecule has 0 amide bonds. The molecule has 0 aromatic heterocycles. The summed E-state index contributed by atoms with van der Waals surface area (Å²) in [5.74, 6) is 0.841. The fraction of sp³-hybridized carbons (Fsp3) is 0.714. The lowest BCUT2D eigenvalue weighted by Crippen LogP contribution is -2.62. The fourth-order valence-electron chi connectivity index (χ4n) is 4.73. The lowest BCUT2D eigenvalue weighted by Gasteiger charge is -2.55. The minimum atomic E-state index is -0.970. The molecule has 2 aliphatic rings. The smallest absolute Gasteiger partial charge is 0.294 e. The van der Waals surface area contributed by atoms with Crippen LogP contribution in [0, 0.1) is 16.0 Å². The Balaban J connectivity index is 1.92. The molecule has 0 radical (unpaired) electrons. The first-order valence-electron chi connectivity index (χ1n) is 9.94. The van der Waals surface area contributed by atoms with Crippen LogP contribution in [0.5, 0.6) is 5.75 Å². The number of rotatable bonds is 6. The van der Waals surface area contributed by atoms with Gasteiger partial charge in [-0.2, -0.15) is 0 Å². The predicted octanol–water partition coefficient (Wildman–Crippen LogP) is 3.34. The monoisotopic (exact) mass is 393 g/mol. The highest BCUT2D eigenvalue weighted by Crippen LogP contribution is 2.55. The number of hydrogen-bond donors (Lipinski definition) is 2. The van der Waals surface area contributed by atoms with Crippen LogP contribution in [-0.4, -0.2) is 39.7 Å². The van der Waals surface area contributed by atoms with Gasteiger partial charge in [0.25, 0.3) is 5.09 Å². The van der Waals surface area contributed by atoms with Gasteiger partial charge in [0.1, 0.15) is 17.0 Å². The van der Waals surface area contributed by atoms with Crippen molar-refractivity contribution < 1.29 is 24.9 Å². The lowest BCUT2D eigenvalue weighted by atomic mass is 9.60. The average Bonchev–Trinajstić information content (AvgIpc) is 2.60. The van der Waals surface area contributed by atoms with E-state index >= 15 is 0 Å². The van der Waals surface area contributed by atoms with Gasteiger partial charge in [0, 0.05) is 18.1 Å². The summed E-state index contributed by atoms with van der Waals surface area (Å²) in [7, 11) is 0. The van der Waals surface area contributed by atoms with E-state index in [1.165, 1.54) is 0 Å². The minimum Gasteiger partial charge on any atom is -0.485 e. The molecular formula is C21H31NO6. The quantitative estimate of drug-likeness (QED) is 0.568. The predicted molar refractivity (Wildman–Crippen MR) is 104 cm³/mol. The van der Waals surface area contributed by atoms with Crippen molar-refractivity contribution >= 4 is 0 Å². The third-order valence-electron chi connectivity index (χ3n) is 6.84. The number of benzene rings is 1. The molecule has 0 bridgehead atoms. The molecule has 1 aromatic rings. The number of ether oxygens (including phenoxy) is 1. The molecule has 3 rings (SSSR count). The van der Waals surface area contributed by atoms with Crippen LogP contribution in [0.3, 0.4) is 0 Å². The largest absolute Gasteiger partial charge is 0.485 e. The molecule has 1 aliphatic carbocycles. The van der Waals surface area contributed by atoms with Crippen LogP contribution >= 0.6 is 0 Å². The maximum atomic E-state index is 11.5. The Morgan fingerprint density at radius 1 is 1.39 bits per heavy atom. The van der Waals surface area contributed by atoms with Crippen molar-refractivity contribution in [1.29, 1.82) is 0 Å². The zero-order chi connectivity index (χ0) is 20.7. The maximum Gasteiger partial charge on any atom is 0.294 e. The van der Waals surface area contributed by atoms with Crippen molar-refractivity contribution in [3.63, 3.8) is 0 Å². The number of fused-ring (bicyclic) bond motifs is 3. The molecule has 7 heteroatoms. The van der Waals surface area contributed by atoms with E-state index in [0.717, 1.165) is 29.7 Å². The third-order valence-corrected chi connectivity index (χ3v) is 6.84. The Labute approximate surface area is 165 Å². The van der Waals surface area contributed by atoms with Gasteiger partial charge in [-0.05, 0) is 62.5 Å². The fourth-order valence-corrected chi connectivity index (χ4v) is 4.73. The van der Waals surface area contributed by atoms with E-state index < -0.39 is 16.3 Å². The van der Waals surface area contributed by atoms with E-state index in [9.17, 15) is 20.3 Å². The first-order valence-corrected chi connectivity index (χ1v) is 9.94. The summed E-state index contributed by atoms with van der Waals surface area (Å²) in [6.07, 6.45) is 2.61. The van der Waals surface area contributed by atoms with E-state index in [2.05, 4.69) is 4.84 Å². The molecule has 0 saturated heterocycles. The Bertz CT molecular complexity index is 746. The van der Waals surface area contributed by atoms with Crippen molar-refractivity contribution in [3.05, 3.63) is 39.4 Å². The lowest BCUT2D eigenvalue weighted by molar-refractivity contribution is -0.758. The van der Waals surface area contributed by atoms with Crippen molar-refractivity contribution in [1.82, 2.24) is 0 Å². The van der Waals surface area contributed by atoms with Crippen LogP contribution < -0.4 is 4.74 Å². The SMILES string of the molecule is CC(C)(CCO[N+](=O)[O-])c1ccc2c(c1)OC(C)(C)[C@@]1(O)CC[C@@H](CO)C[C@H]21. The summed E-state index contributed by atoms with van der Waals surface area (Å²) in [4.78, 5) is 14.9. The molecule has 28 heavy (non-hydrogen) atoms. The number of aliphatic hydroxyl groups excluding tert-OH is 1. The van der Waals surface area contributed by atoms with Gasteiger partial charge in [-0.1, -0.05) is 26.0 Å². The molecule has 1 saturated carbocycles. The zero-order valence-corrected chi connectivity index (χ0v) is 17.1. The van der Waals surface area contributed by atoms with Crippen LogP contribution in [0.1, 0.15) is 70.4 Å². The summed E-state index contributed by atoms with van der Waals surface area (Å²) in [5.41, 5.74) is -0.0628. The van der Waals surface area contributed by atoms with Gasteiger partial charge >= 0.3 is 0 Å². The van der Waals surface area contributed by atoms with Crippen LogP contribution in [-0.2, 0) is 10.3 Å². The average molecular weight is 393 g/mol. The van der Waals surface area contributed by atoms with E-state index in [4.69, 9.17) is 4.74 Å². The molecule has 1 fully saturated rings. The molecule has 1 heterocycles. The molecule has 0 unspecified atom stereocenters. The van der Waals surface area contributed by atoms with E-state index in [1.807, 2.05) is 45.9 Å². The Morgan fingerprint density at radius 2 is 2.11 bits per heavy atom. The summed E-state index contributed by atoms with van der Waals surface area (Å²) in [5, 5.41) is 30.8. The Morgan fingerprint density at radius 3 is 2.75 bits per heavy atom.